The van der Waals surface area contributed by atoms with Gasteiger partial charge in [0.05, 0.1) is 34.1 Å². The van der Waals surface area contributed by atoms with E-state index in [9.17, 15) is 8.42 Å². The molecular weight excluding hydrogens is 438 g/mol. The molecule has 0 spiro atoms. The SMILES string of the molecule is Cc1ncc(C#Cc2c(C)ncnc2N2CCCOCC2)cc1NS(=O)(=O)c1ccccc1. The minimum atomic E-state index is -3.73. The van der Waals surface area contributed by atoms with Gasteiger partial charge in [0.25, 0.3) is 10.0 Å². The first kappa shape index (κ1) is 22.7. The maximum Gasteiger partial charge on any atom is 0.261 e. The number of nitrogens with one attached hydrogen (secondary N) is 1. The minimum absolute atomic E-state index is 0.184. The number of benzene rings is 1. The lowest BCUT2D eigenvalue weighted by Crippen LogP contribution is -2.28. The van der Waals surface area contributed by atoms with Gasteiger partial charge in [0.1, 0.15) is 12.1 Å². The molecule has 0 atom stereocenters. The number of rotatable bonds is 4. The molecule has 0 unspecified atom stereocenters. The number of ether oxygens (including phenoxy) is 1. The summed E-state index contributed by atoms with van der Waals surface area (Å²) in [5.41, 5.74) is 3.05. The predicted octanol–water partition coefficient (Wildman–Crippen LogP) is 2.92. The molecular formula is C24H25N5O3S. The Hall–Kier alpha value is -3.48. The summed E-state index contributed by atoms with van der Waals surface area (Å²) in [7, 11) is -3.73. The molecule has 1 aliphatic rings. The molecule has 1 N–H and O–H groups in total. The highest BCUT2D eigenvalue weighted by Crippen LogP contribution is 2.22. The van der Waals surface area contributed by atoms with Gasteiger partial charge in [0.2, 0.25) is 0 Å². The molecule has 0 radical (unpaired) electrons. The average molecular weight is 464 g/mol. The second-order valence-corrected chi connectivity index (χ2v) is 9.32. The topological polar surface area (TPSA) is 97.3 Å². The molecule has 0 aliphatic carbocycles. The summed E-state index contributed by atoms with van der Waals surface area (Å²) in [5.74, 6) is 7.07. The molecule has 1 saturated heterocycles. The summed E-state index contributed by atoms with van der Waals surface area (Å²) in [6, 6.07) is 9.91. The van der Waals surface area contributed by atoms with E-state index < -0.39 is 10.0 Å². The van der Waals surface area contributed by atoms with Crippen LogP contribution in [0.25, 0.3) is 0 Å². The van der Waals surface area contributed by atoms with E-state index in [1.807, 2.05) is 6.92 Å². The van der Waals surface area contributed by atoms with Crippen molar-refractivity contribution in [3.05, 3.63) is 71.4 Å². The van der Waals surface area contributed by atoms with Gasteiger partial charge < -0.3 is 9.64 Å². The summed E-state index contributed by atoms with van der Waals surface area (Å²) in [5, 5.41) is 0. The smallest absolute Gasteiger partial charge is 0.261 e. The molecule has 4 rings (SSSR count). The molecule has 9 heteroatoms. The van der Waals surface area contributed by atoms with Crippen LogP contribution in [0.3, 0.4) is 0 Å². The second-order valence-electron chi connectivity index (χ2n) is 7.64. The molecule has 0 amide bonds. The van der Waals surface area contributed by atoms with Crippen LogP contribution >= 0.6 is 0 Å². The van der Waals surface area contributed by atoms with E-state index in [0.717, 1.165) is 43.2 Å². The monoisotopic (exact) mass is 463 g/mol. The highest BCUT2D eigenvalue weighted by molar-refractivity contribution is 7.92. The first-order chi connectivity index (χ1) is 15.9. The molecule has 170 valence electrons. The van der Waals surface area contributed by atoms with Crippen molar-refractivity contribution in [1.29, 1.82) is 0 Å². The third kappa shape index (κ3) is 5.48. The zero-order chi connectivity index (χ0) is 23.3. The van der Waals surface area contributed by atoms with E-state index in [0.29, 0.717) is 23.6 Å². The van der Waals surface area contributed by atoms with Gasteiger partial charge in [-0.25, -0.2) is 18.4 Å². The Balaban J connectivity index is 1.64. The summed E-state index contributed by atoms with van der Waals surface area (Å²) in [6.07, 6.45) is 4.09. The molecule has 2 aromatic heterocycles. The fraction of sp³-hybridized carbons (Fsp3) is 0.292. The van der Waals surface area contributed by atoms with Crippen LogP contribution in [-0.4, -0.2) is 49.7 Å². The van der Waals surface area contributed by atoms with E-state index in [4.69, 9.17) is 4.74 Å². The molecule has 0 saturated carbocycles. The van der Waals surface area contributed by atoms with Crippen LogP contribution in [0.2, 0.25) is 0 Å². The highest BCUT2D eigenvalue weighted by Gasteiger charge is 2.17. The molecule has 0 bridgehead atoms. The Labute approximate surface area is 194 Å². The van der Waals surface area contributed by atoms with Crippen molar-refractivity contribution < 1.29 is 13.2 Å². The van der Waals surface area contributed by atoms with Crippen molar-refractivity contribution >= 4 is 21.5 Å². The van der Waals surface area contributed by atoms with Gasteiger partial charge in [-0.05, 0) is 38.5 Å². The van der Waals surface area contributed by atoms with Crippen LogP contribution in [0.4, 0.5) is 11.5 Å². The Morgan fingerprint density at radius 3 is 2.64 bits per heavy atom. The zero-order valence-corrected chi connectivity index (χ0v) is 19.4. The van der Waals surface area contributed by atoms with E-state index in [1.54, 1.807) is 55.8 Å². The lowest BCUT2D eigenvalue weighted by molar-refractivity contribution is 0.152. The van der Waals surface area contributed by atoms with Crippen molar-refractivity contribution in [2.24, 2.45) is 0 Å². The second kappa shape index (κ2) is 9.98. The molecule has 3 aromatic rings. The predicted molar refractivity (Wildman–Crippen MR) is 127 cm³/mol. The van der Waals surface area contributed by atoms with E-state index in [2.05, 4.69) is 36.4 Å². The van der Waals surface area contributed by atoms with Crippen LogP contribution in [0.1, 0.15) is 28.9 Å². The molecule has 1 aromatic carbocycles. The maximum atomic E-state index is 12.7. The zero-order valence-electron chi connectivity index (χ0n) is 18.6. The molecule has 1 fully saturated rings. The fourth-order valence-corrected chi connectivity index (χ4v) is 4.58. The van der Waals surface area contributed by atoms with Crippen molar-refractivity contribution in [3.63, 3.8) is 0 Å². The van der Waals surface area contributed by atoms with Gasteiger partial charge in [0.15, 0.2) is 0 Å². The van der Waals surface area contributed by atoms with Crippen molar-refractivity contribution in [3.8, 4) is 11.8 Å². The molecule has 8 nitrogen and oxygen atoms in total. The van der Waals surface area contributed by atoms with Gasteiger partial charge in [-0.2, -0.15) is 0 Å². The van der Waals surface area contributed by atoms with Gasteiger partial charge in [-0.3, -0.25) is 9.71 Å². The van der Waals surface area contributed by atoms with Crippen LogP contribution in [0, 0.1) is 25.7 Å². The van der Waals surface area contributed by atoms with Crippen LogP contribution < -0.4 is 9.62 Å². The number of anilines is 2. The summed E-state index contributed by atoms with van der Waals surface area (Å²) in [4.78, 5) is 15.5. The first-order valence-electron chi connectivity index (χ1n) is 10.6. The third-order valence-electron chi connectivity index (χ3n) is 5.26. The summed E-state index contributed by atoms with van der Waals surface area (Å²) >= 11 is 0. The van der Waals surface area contributed by atoms with Gasteiger partial charge in [0, 0.05) is 31.5 Å². The Morgan fingerprint density at radius 2 is 1.82 bits per heavy atom. The third-order valence-corrected chi connectivity index (χ3v) is 6.64. The van der Waals surface area contributed by atoms with Crippen LogP contribution in [0.5, 0.6) is 0 Å². The van der Waals surface area contributed by atoms with Crippen molar-refractivity contribution in [2.75, 3.05) is 35.9 Å². The Kier molecular flexibility index (Phi) is 6.87. The van der Waals surface area contributed by atoms with Gasteiger partial charge in [-0.15, -0.1) is 0 Å². The molecule has 3 heterocycles. The Bertz CT molecular complexity index is 1290. The van der Waals surface area contributed by atoms with Crippen LogP contribution in [-0.2, 0) is 14.8 Å². The minimum Gasteiger partial charge on any atom is -0.380 e. The first-order valence-corrected chi connectivity index (χ1v) is 12.1. The number of hydrogen-bond acceptors (Lipinski definition) is 7. The van der Waals surface area contributed by atoms with Crippen LogP contribution in [0.15, 0.2) is 53.8 Å². The molecule has 1 aliphatic heterocycles. The number of aryl methyl sites for hydroxylation is 2. The fourth-order valence-electron chi connectivity index (χ4n) is 3.45. The lowest BCUT2D eigenvalue weighted by atomic mass is 10.1. The largest absolute Gasteiger partial charge is 0.380 e. The van der Waals surface area contributed by atoms with Gasteiger partial charge in [-0.1, -0.05) is 30.0 Å². The van der Waals surface area contributed by atoms with Crippen molar-refractivity contribution in [1.82, 2.24) is 15.0 Å². The number of aromatic nitrogens is 3. The van der Waals surface area contributed by atoms with E-state index >= 15 is 0 Å². The Morgan fingerprint density at radius 1 is 1.00 bits per heavy atom. The average Bonchev–Trinajstić information content (AvgIpc) is 3.10. The summed E-state index contributed by atoms with van der Waals surface area (Å²) < 4.78 is 33.6. The number of sulfonamides is 1. The van der Waals surface area contributed by atoms with E-state index in [1.165, 1.54) is 0 Å². The number of hydrogen-bond donors (Lipinski definition) is 1. The lowest BCUT2D eigenvalue weighted by Gasteiger charge is -2.22. The van der Waals surface area contributed by atoms with E-state index in [-0.39, 0.29) is 4.90 Å². The normalized spacial score (nSPS) is 14.2. The van der Waals surface area contributed by atoms with Crippen molar-refractivity contribution in [2.45, 2.75) is 25.2 Å². The quantitative estimate of drug-likeness (QED) is 0.594. The highest BCUT2D eigenvalue weighted by atomic mass is 32.2. The van der Waals surface area contributed by atoms with Gasteiger partial charge >= 0.3 is 0 Å². The number of nitrogens with zero attached hydrogens (tertiary/aromatic N) is 4. The number of pyridine rings is 1. The molecule has 33 heavy (non-hydrogen) atoms. The maximum absolute atomic E-state index is 12.7. The standard InChI is InChI=1S/C24H25N5O3S/c1-18-22(24(27-17-26-18)29-11-6-13-32-14-12-29)10-9-20-15-23(19(2)25-16-20)28-33(30,31)21-7-4-3-5-8-21/h3-5,7-8,15-17,28H,6,11-14H2,1-2H3. The summed E-state index contributed by atoms with van der Waals surface area (Å²) in [6.45, 7) is 6.59.